The summed E-state index contributed by atoms with van der Waals surface area (Å²) in [5.74, 6) is 0.355. The SMILES string of the molecule is CCNC(=NCc1cccc(C(F)(F)F)c1)NCCNC(C)=O.I. The number of hydrogen-bond acceptors (Lipinski definition) is 2. The van der Waals surface area contributed by atoms with Crippen molar-refractivity contribution in [3.05, 3.63) is 35.4 Å². The van der Waals surface area contributed by atoms with E-state index in [0.29, 0.717) is 31.2 Å². The van der Waals surface area contributed by atoms with Crippen LogP contribution in [-0.4, -0.2) is 31.5 Å². The zero-order chi connectivity index (χ0) is 17.3. The summed E-state index contributed by atoms with van der Waals surface area (Å²) in [5.41, 5.74) is -0.215. The number of carbonyl (C=O) groups is 1. The third kappa shape index (κ3) is 8.94. The number of halogens is 4. The van der Waals surface area contributed by atoms with Crippen molar-refractivity contribution < 1.29 is 18.0 Å². The fourth-order valence-corrected chi connectivity index (χ4v) is 1.78. The molecular weight excluding hydrogens is 436 g/mol. The number of rotatable bonds is 6. The Morgan fingerprint density at radius 2 is 1.83 bits per heavy atom. The summed E-state index contributed by atoms with van der Waals surface area (Å²) in [6, 6.07) is 5.08. The van der Waals surface area contributed by atoms with E-state index in [9.17, 15) is 18.0 Å². The maximum Gasteiger partial charge on any atom is 0.416 e. The van der Waals surface area contributed by atoms with Crippen LogP contribution in [0.25, 0.3) is 0 Å². The van der Waals surface area contributed by atoms with E-state index >= 15 is 0 Å². The predicted molar refractivity (Wildman–Crippen MR) is 98.4 cm³/mol. The van der Waals surface area contributed by atoms with Gasteiger partial charge >= 0.3 is 6.18 Å². The monoisotopic (exact) mass is 458 g/mol. The van der Waals surface area contributed by atoms with Gasteiger partial charge in [-0.15, -0.1) is 24.0 Å². The normalized spacial score (nSPS) is 11.5. The zero-order valence-electron chi connectivity index (χ0n) is 13.5. The zero-order valence-corrected chi connectivity index (χ0v) is 15.9. The first-order valence-electron chi connectivity index (χ1n) is 7.25. The van der Waals surface area contributed by atoms with Crippen molar-refractivity contribution in [1.82, 2.24) is 16.0 Å². The molecule has 0 aliphatic carbocycles. The van der Waals surface area contributed by atoms with Gasteiger partial charge in [0.15, 0.2) is 5.96 Å². The molecule has 24 heavy (non-hydrogen) atoms. The first-order valence-corrected chi connectivity index (χ1v) is 7.25. The Bertz CT molecular complexity index is 550. The molecule has 0 bridgehead atoms. The molecule has 1 amide bonds. The molecule has 0 aromatic heterocycles. The molecule has 0 spiro atoms. The maximum absolute atomic E-state index is 12.7. The smallest absolute Gasteiger partial charge is 0.357 e. The fraction of sp³-hybridized carbons (Fsp3) is 0.467. The Labute approximate surface area is 156 Å². The van der Waals surface area contributed by atoms with E-state index in [0.717, 1.165) is 12.1 Å². The highest BCUT2D eigenvalue weighted by Crippen LogP contribution is 2.29. The largest absolute Gasteiger partial charge is 0.416 e. The van der Waals surface area contributed by atoms with Crippen LogP contribution in [0.3, 0.4) is 0 Å². The highest BCUT2D eigenvalue weighted by Gasteiger charge is 2.30. The predicted octanol–water partition coefficient (Wildman–Crippen LogP) is 2.51. The van der Waals surface area contributed by atoms with E-state index in [1.54, 1.807) is 6.07 Å². The molecule has 0 aliphatic rings. The fourth-order valence-electron chi connectivity index (χ4n) is 1.78. The van der Waals surface area contributed by atoms with Crippen LogP contribution in [0, 0.1) is 0 Å². The Morgan fingerprint density at radius 3 is 2.42 bits per heavy atom. The van der Waals surface area contributed by atoms with Crippen LogP contribution in [0.2, 0.25) is 0 Å². The summed E-state index contributed by atoms with van der Waals surface area (Å²) in [7, 11) is 0. The summed E-state index contributed by atoms with van der Waals surface area (Å²) >= 11 is 0. The number of amides is 1. The average Bonchev–Trinajstić information content (AvgIpc) is 2.48. The van der Waals surface area contributed by atoms with Gasteiger partial charge in [0, 0.05) is 26.6 Å². The number of guanidine groups is 1. The summed E-state index contributed by atoms with van der Waals surface area (Å²) < 4.78 is 38.0. The van der Waals surface area contributed by atoms with Gasteiger partial charge in [-0.05, 0) is 24.6 Å². The van der Waals surface area contributed by atoms with Gasteiger partial charge in [-0.2, -0.15) is 13.2 Å². The van der Waals surface area contributed by atoms with Gasteiger partial charge in [-0.25, -0.2) is 4.99 Å². The molecular formula is C15H22F3IN4O. The number of nitrogens with zero attached hydrogens (tertiary/aromatic N) is 1. The Hall–Kier alpha value is -1.52. The van der Waals surface area contributed by atoms with Crippen LogP contribution in [-0.2, 0) is 17.5 Å². The van der Waals surface area contributed by atoms with Crippen molar-refractivity contribution in [2.75, 3.05) is 19.6 Å². The molecule has 136 valence electrons. The Kier molecular flexibility index (Phi) is 10.4. The molecule has 0 aliphatic heterocycles. The second-order valence-corrected chi connectivity index (χ2v) is 4.80. The average molecular weight is 458 g/mol. The lowest BCUT2D eigenvalue weighted by Gasteiger charge is -2.12. The molecule has 0 fully saturated rings. The number of alkyl halides is 3. The maximum atomic E-state index is 12.7. The van der Waals surface area contributed by atoms with Gasteiger partial charge in [-0.1, -0.05) is 12.1 Å². The van der Waals surface area contributed by atoms with Crippen LogP contribution in [0.1, 0.15) is 25.0 Å². The summed E-state index contributed by atoms with van der Waals surface area (Å²) in [4.78, 5) is 15.0. The number of hydrogen-bond donors (Lipinski definition) is 3. The van der Waals surface area contributed by atoms with E-state index < -0.39 is 11.7 Å². The van der Waals surface area contributed by atoms with Crippen molar-refractivity contribution in [2.45, 2.75) is 26.6 Å². The van der Waals surface area contributed by atoms with E-state index in [4.69, 9.17) is 0 Å². The molecule has 0 atom stereocenters. The molecule has 5 nitrogen and oxygen atoms in total. The molecule has 0 saturated heterocycles. The first kappa shape index (κ1) is 22.5. The highest BCUT2D eigenvalue weighted by molar-refractivity contribution is 14.0. The van der Waals surface area contributed by atoms with Gasteiger partial charge in [0.05, 0.1) is 12.1 Å². The van der Waals surface area contributed by atoms with Gasteiger partial charge < -0.3 is 16.0 Å². The molecule has 1 aromatic carbocycles. The minimum atomic E-state index is -4.36. The van der Waals surface area contributed by atoms with Gasteiger partial charge in [-0.3, -0.25) is 4.79 Å². The molecule has 0 unspecified atom stereocenters. The molecule has 0 radical (unpaired) electrons. The van der Waals surface area contributed by atoms with Crippen LogP contribution in [0.15, 0.2) is 29.3 Å². The number of benzene rings is 1. The minimum Gasteiger partial charge on any atom is -0.357 e. The molecule has 0 saturated carbocycles. The van der Waals surface area contributed by atoms with Crippen molar-refractivity contribution in [3.8, 4) is 0 Å². The highest BCUT2D eigenvalue weighted by atomic mass is 127. The topological polar surface area (TPSA) is 65.5 Å². The van der Waals surface area contributed by atoms with Crippen molar-refractivity contribution in [2.24, 2.45) is 4.99 Å². The lowest BCUT2D eigenvalue weighted by molar-refractivity contribution is -0.137. The van der Waals surface area contributed by atoms with Crippen molar-refractivity contribution in [1.29, 1.82) is 0 Å². The Balaban J connectivity index is 0.00000529. The second-order valence-electron chi connectivity index (χ2n) is 4.80. The lowest BCUT2D eigenvalue weighted by atomic mass is 10.1. The number of aliphatic imine (C=N–C) groups is 1. The molecule has 1 aromatic rings. The third-order valence-corrected chi connectivity index (χ3v) is 2.81. The van der Waals surface area contributed by atoms with Gasteiger partial charge in [0.25, 0.3) is 0 Å². The summed E-state index contributed by atoms with van der Waals surface area (Å²) in [5, 5.41) is 8.61. The van der Waals surface area contributed by atoms with Gasteiger partial charge in [0.2, 0.25) is 5.91 Å². The summed E-state index contributed by atoms with van der Waals surface area (Å²) in [6.45, 7) is 4.95. The molecule has 9 heteroatoms. The van der Waals surface area contributed by atoms with Crippen LogP contribution in [0.4, 0.5) is 13.2 Å². The van der Waals surface area contributed by atoms with Crippen LogP contribution in [0.5, 0.6) is 0 Å². The van der Waals surface area contributed by atoms with Crippen molar-refractivity contribution >= 4 is 35.8 Å². The van der Waals surface area contributed by atoms with Crippen LogP contribution < -0.4 is 16.0 Å². The van der Waals surface area contributed by atoms with E-state index in [2.05, 4.69) is 20.9 Å². The first-order chi connectivity index (χ1) is 10.8. The summed E-state index contributed by atoms with van der Waals surface area (Å²) in [6.07, 6.45) is -4.36. The molecule has 3 N–H and O–H groups in total. The van der Waals surface area contributed by atoms with Crippen molar-refractivity contribution in [3.63, 3.8) is 0 Å². The van der Waals surface area contributed by atoms with Crippen LogP contribution >= 0.6 is 24.0 Å². The quantitative estimate of drug-likeness (QED) is 0.266. The molecule has 1 rings (SSSR count). The van der Waals surface area contributed by atoms with E-state index in [-0.39, 0.29) is 36.4 Å². The number of nitrogens with one attached hydrogen (secondary N) is 3. The van der Waals surface area contributed by atoms with Gasteiger partial charge in [0.1, 0.15) is 0 Å². The van der Waals surface area contributed by atoms with E-state index in [1.807, 2.05) is 6.92 Å². The third-order valence-electron chi connectivity index (χ3n) is 2.81. The standard InChI is InChI=1S/C15H21F3N4O.HI/c1-3-19-14(21-8-7-20-11(2)23)22-10-12-5-4-6-13(9-12)15(16,17)18;/h4-6,9H,3,7-8,10H2,1-2H3,(H,20,23)(H2,19,21,22);1H. The lowest BCUT2D eigenvalue weighted by Crippen LogP contribution is -2.41. The molecule has 0 heterocycles. The minimum absolute atomic E-state index is 0. The second kappa shape index (κ2) is 11.1. The van der Waals surface area contributed by atoms with E-state index in [1.165, 1.54) is 13.0 Å². The Morgan fingerprint density at radius 1 is 1.17 bits per heavy atom. The number of carbonyl (C=O) groups excluding carboxylic acids is 1.